The predicted molar refractivity (Wildman–Crippen MR) is 105 cm³/mol. The van der Waals surface area contributed by atoms with E-state index in [9.17, 15) is 0 Å². The molecule has 1 aromatic carbocycles. The van der Waals surface area contributed by atoms with E-state index in [1.807, 2.05) is 0 Å². The molecular formula is C16H29N2PSi2. The van der Waals surface area contributed by atoms with Gasteiger partial charge in [0.1, 0.15) is 0 Å². The van der Waals surface area contributed by atoms with E-state index in [0.717, 1.165) is 4.91 Å². The number of benzene rings is 1. The lowest BCUT2D eigenvalue weighted by molar-refractivity contribution is 1.13. The van der Waals surface area contributed by atoms with Gasteiger partial charge in [0.15, 0.2) is 0 Å². The molecule has 0 spiro atoms. The Morgan fingerprint density at radius 2 is 1.48 bits per heavy atom. The number of hydrogen-bond acceptors (Lipinski definition) is 2. The molecule has 21 heavy (non-hydrogen) atoms. The number of hydrogen-bond donors (Lipinski definition) is 0. The van der Waals surface area contributed by atoms with Crippen molar-refractivity contribution in [1.29, 1.82) is 0 Å². The SMILES string of the molecule is CN(C)c1ccccc1C1=NP1C([Si](C)(C)C)[Si](C)(C)C. The third-order valence-electron chi connectivity index (χ3n) is 3.89. The van der Waals surface area contributed by atoms with E-state index in [1.165, 1.54) is 16.7 Å². The predicted octanol–water partition coefficient (Wildman–Crippen LogP) is 5.03. The highest BCUT2D eigenvalue weighted by Gasteiger charge is 2.50. The second kappa shape index (κ2) is 5.64. The summed E-state index contributed by atoms with van der Waals surface area (Å²) in [7, 11) is 1.66. The van der Waals surface area contributed by atoms with E-state index in [-0.39, 0.29) is 8.07 Å². The van der Waals surface area contributed by atoms with Crippen molar-refractivity contribution in [2.45, 2.75) is 44.2 Å². The summed E-state index contributed by atoms with van der Waals surface area (Å²) in [6, 6.07) is 8.73. The molecule has 1 aromatic rings. The molecule has 1 aliphatic rings. The Kier molecular flexibility index (Phi) is 4.54. The standard InChI is InChI=1S/C16H29N2PSi2/c1-18(2)14-12-10-9-11-13(14)15-17-19(15)16(20(3,4)5)21(6,7)8/h9-12,16H,1-8H3. The van der Waals surface area contributed by atoms with Crippen molar-refractivity contribution in [3.8, 4) is 0 Å². The van der Waals surface area contributed by atoms with Crippen molar-refractivity contribution < 1.29 is 0 Å². The lowest BCUT2D eigenvalue weighted by atomic mass is 10.2. The first-order valence-corrected chi connectivity index (χ1v) is 16.2. The van der Waals surface area contributed by atoms with E-state index in [1.54, 1.807) is 0 Å². The summed E-state index contributed by atoms with van der Waals surface area (Å²) in [5, 5.41) is 0. The van der Waals surface area contributed by atoms with Gasteiger partial charge in [-0.05, 0) is 11.0 Å². The second-order valence-corrected chi connectivity index (χ2v) is 22.3. The first-order valence-electron chi connectivity index (χ1n) is 7.68. The first-order chi connectivity index (χ1) is 9.53. The molecular weight excluding hydrogens is 307 g/mol. The van der Waals surface area contributed by atoms with Crippen LogP contribution in [0.1, 0.15) is 5.56 Å². The number of anilines is 1. The van der Waals surface area contributed by atoms with Crippen molar-refractivity contribution >= 4 is 35.4 Å². The van der Waals surface area contributed by atoms with Gasteiger partial charge < -0.3 is 4.90 Å². The normalized spacial score (nSPS) is 18.7. The highest BCUT2D eigenvalue weighted by Crippen LogP contribution is 2.64. The quantitative estimate of drug-likeness (QED) is 0.544. The maximum absolute atomic E-state index is 5.03. The molecule has 1 atom stereocenters. The molecule has 0 radical (unpaired) electrons. The molecule has 2 nitrogen and oxygen atoms in total. The van der Waals surface area contributed by atoms with Crippen LogP contribution in [-0.2, 0) is 0 Å². The van der Waals surface area contributed by atoms with E-state index in [4.69, 9.17) is 4.76 Å². The molecule has 0 N–H and O–H groups in total. The Labute approximate surface area is 133 Å². The zero-order valence-corrected chi connectivity index (χ0v) is 17.6. The smallest absolute Gasteiger partial charge is 0.0942 e. The molecule has 2 rings (SSSR count). The van der Waals surface area contributed by atoms with Gasteiger partial charge in [-0.1, -0.05) is 57.5 Å². The van der Waals surface area contributed by atoms with Crippen LogP contribution in [0.15, 0.2) is 29.0 Å². The third-order valence-corrected chi connectivity index (χ3v) is 20.0. The largest absolute Gasteiger partial charge is 0.377 e. The summed E-state index contributed by atoms with van der Waals surface area (Å²) in [6.07, 6.45) is 0. The summed E-state index contributed by atoms with van der Waals surface area (Å²) in [6.45, 7) is 15.2. The molecule has 5 heteroatoms. The van der Waals surface area contributed by atoms with Crippen molar-refractivity contribution in [3.05, 3.63) is 29.8 Å². The van der Waals surface area contributed by atoms with Gasteiger partial charge in [0.25, 0.3) is 0 Å². The summed E-state index contributed by atoms with van der Waals surface area (Å²) >= 11 is 0. The molecule has 1 unspecified atom stereocenters. The van der Waals surface area contributed by atoms with Crippen molar-refractivity contribution in [2.24, 2.45) is 4.76 Å². The van der Waals surface area contributed by atoms with E-state index in [0.29, 0.717) is 0 Å². The van der Waals surface area contributed by atoms with E-state index in [2.05, 4.69) is 82.5 Å². The number of para-hydroxylation sites is 1. The zero-order valence-electron chi connectivity index (χ0n) is 14.7. The Morgan fingerprint density at radius 1 is 0.952 bits per heavy atom. The molecule has 0 saturated carbocycles. The second-order valence-electron chi connectivity index (χ2n) is 8.31. The first kappa shape index (κ1) is 16.9. The topological polar surface area (TPSA) is 15.6 Å². The van der Waals surface area contributed by atoms with Crippen molar-refractivity contribution in [1.82, 2.24) is 0 Å². The van der Waals surface area contributed by atoms with Gasteiger partial charge in [-0.3, -0.25) is 4.76 Å². The minimum absolute atomic E-state index is 0.232. The Balaban J connectivity index is 2.30. The summed E-state index contributed by atoms with van der Waals surface area (Å²) in [5.74, 6) is 0. The van der Waals surface area contributed by atoms with Crippen LogP contribution < -0.4 is 4.90 Å². The molecule has 1 heterocycles. The van der Waals surface area contributed by atoms with Crippen LogP contribution in [-0.4, -0.2) is 40.6 Å². The molecule has 116 valence electrons. The van der Waals surface area contributed by atoms with E-state index < -0.39 is 16.1 Å². The molecule has 0 aromatic heterocycles. The summed E-state index contributed by atoms with van der Waals surface area (Å²) in [4.78, 5) is 3.10. The average molecular weight is 337 g/mol. The maximum Gasteiger partial charge on any atom is 0.0942 e. The average Bonchev–Trinajstić information content (AvgIpc) is 3.04. The van der Waals surface area contributed by atoms with Gasteiger partial charge in [0, 0.05) is 25.3 Å². The summed E-state index contributed by atoms with van der Waals surface area (Å²) in [5.41, 5.74) is 4.10. The highest BCUT2D eigenvalue weighted by atomic mass is 31.1. The maximum atomic E-state index is 5.03. The van der Waals surface area contributed by atoms with Gasteiger partial charge in [-0.15, -0.1) is 0 Å². The number of nitrogens with zero attached hydrogens (tertiary/aromatic N) is 2. The highest BCUT2D eigenvalue weighted by molar-refractivity contribution is 7.87. The van der Waals surface area contributed by atoms with Crippen LogP contribution in [0.5, 0.6) is 0 Å². The minimum atomic E-state index is -1.18. The van der Waals surface area contributed by atoms with Crippen LogP contribution in [0.25, 0.3) is 0 Å². The van der Waals surface area contributed by atoms with Gasteiger partial charge >= 0.3 is 0 Å². The fourth-order valence-corrected chi connectivity index (χ4v) is 22.1. The van der Waals surface area contributed by atoms with Gasteiger partial charge in [0.2, 0.25) is 0 Å². The van der Waals surface area contributed by atoms with Crippen molar-refractivity contribution in [3.63, 3.8) is 0 Å². The van der Waals surface area contributed by atoms with Crippen LogP contribution in [0.2, 0.25) is 39.3 Å². The fourth-order valence-electron chi connectivity index (χ4n) is 3.52. The Bertz CT molecular complexity index is 542. The van der Waals surface area contributed by atoms with E-state index >= 15 is 0 Å². The lowest BCUT2D eigenvalue weighted by Crippen LogP contribution is -2.51. The minimum Gasteiger partial charge on any atom is -0.377 e. The lowest BCUT2D eigenvalue weighted by Gasteiger charge is -2.37. The molecule has 0 aliphatic carbocycles. The van der Waals surface area contributed by atoms with Crippen LogP contribution in [0, 0.1) is 0 Å². The van der Waals surface area contributed by atoms with Crippen molar-refractivity contribution in [2.75, 3.05) is 19.0 Å². The molecule has 0 bridgehead atoms. The number of rotatable bonds is 5. The van der Waals surface area contributed by atoms with Gasteiger partial charge in [-0.2, -0.15) is 0 Å². The molecule has 0 fully saturated rings. The van der Waals surface area contributed by atoms with Gasteiger partial charge in [0.05, 0.1) is 29.7 Å². The Morgan fingerprint density at radius 3 is 1.95 bits per heavy atom. The zero-order chi connectivity index (χ0) is 16.0. The molecule has 0 saturated heterocycles. The summed E-state index contributed by atoms with van der Waals surface area (Å²) < 4.78 is 5.03. The van der Waals surface area contributed by atoms with Gasteiger partial charge in [-0.25, -0.2) is 0 Å². The van der Waals surface area contributed by atoms with Crippen LogP contribution >= 0.6 is 8.07 Å². The van der Waals surface area contributed by atoms with Crippen LogP contribution in [0.4, 0.5) is 5.69 Å². The fraction of sp³-hybridized carbons (Fsp3) is 0.562. The van der Waals surface area contributed by atoms with Crippen LogP contribution in [0.3, 0.4) is 0 Å². The molecule has 1 aliphatic heterocycles. The third kappa shape index (κ3) is 3.66. The molecule has 0 amide bonds. The monoisotopic (exact) mass is 336 g/mol. The Hall–Kier alpha value is -0.446.